The third-order valence-corrected chi connectivity index (χ3v) is 3.63. The van der Waals surface area contributed by atoms with Gasteiger partial charge in [-0.25, -0.2) is 4.39 Å². The SMILES string of the molecule is Cc1cc(OC2CCCCC2)c([C@H](C)N)cc1F. The lowest BCUT2D eigenvalue weighted by Gasteiger charge is -2.25. The van der Waals surface area contributed by atoms with E-state index in [4.69, 9.17) is 10.5 Å². The van der Waals surface area contributed by atoms with E-state index in [2.05, 4.69) is 0 Å². The molecule has 2 nitrogen and oxygen atoms in total. The third kappa shape index (κ3) is 3.02. The molecule has 3 heteroatoms. The van der Waals surface area contributed by atoms with Gasteiger partial charge in [0.25, 0.3) is 0 Å². The van der Waals surface area contributed by atoms with Crippen LogP contribution in [0.3, 0.4) is 0 Å². The van der Waals surface area contributed by atoms with Gasteiger partial charge in [-0.3, -0.25) is 0 Å². The van der Waals surface area contributed by atoms with Gasteiger partial charge in [-0.2, -0.15) is 0 Å². The Balaban J connectivity index is 2.21. The van der Waals surface area contributed by atoms with Crippen LogP contribution in [0.15, 0.2) is 12.1 Å². The minimum Gasteiger partial charge on any atom is -0.490 e. The number of halogens is 1. The lowest BCUT2D eigenvalue weighted by molar-refractivity contribution is 0.153. The summed E-state index contributed by atoms with van der Waals surface area (Å²) in [4.78, 5) is 0. The largest absolute Gasteiger partial charge is 0.490 e. The van der Waals surface area contributed by atoms with Gasteiger partial charge in [0, 0.05) is 11.6 Å². The molecule has 18 heavy (non-hydrogen) atoms. The molecule has 1 atom stereocenters. The van der Waals surface area contributed by atoms with Gasteiger partial charge in [-0.15, -0.1) is 0 Å². The molecule has 1 aromatic rings. The molecule has 0 amide bonds. The Hall–Kier alpha value is -1.09. The Morgan fingerprint density at radius 2 is 1.94 bits per heavy atom. The van der Waals surface area contributed by atoms with E-state index in [1.54, 1.807) is 13.0 Å². The highest BCUT2D eigenvalue weighted by atomic mass is 19.1. The highest BCUT2D eigenvalue weighted by molar-refractivity contribution is 5.40. The maximum absolute atomic E-state index is 13.6. The molecule has 1 saturated carbocycles. The molecule has 1 aliphatic rings. The summed E-state index contributed by atoms with van der Waals surface area (Å²) in [6, 6.07) is 3.08. The lowest BCUT2D eigenvalue weighted by Crippen LogP contribution is -2.21. The van der Waals surface area contributed by atoms with Crippen molar-refractivity contribution >= 4 is 0 Å². The maximum atomic E-state index is 13.6. The van der Waals surface area contributed by atoms with Crippen LogP contribution < -0.4 is 10.5 Å². The lowest BCUT2D eigenvalue weighted by atomic mass is 9.97. The molecule has 2 rings (SSSR count). The average Bonchev–Trinajstić information content (AvgIpc) is 2.34. The zero-order valence-electron chi connectivity index (χ0n) is 11.2. The Kier molecular flexibility index (Phi) is 4.23. The summed E-state index contributed by atoms with van der Waals surface area (Å²) in [7, 11) is 0. The second-order valence-electron chi connectivity index (χ2n) is 5.31. The fourth-order valence-corrected chi connectivity index (χ4v) is 2.49. The molecule has 0 heterocycles. The molecule has 1 fully saturated rings. The molecular weight excluding hydrogens is 229 g/mol. The summed E-state index contributed by atoms with van der Waals surface area (Å²) < 4.78 is 19.6. The van der Waals surface area contributed by atoms with Gasteiger partial charge in [0.15, 0.2) is 0 Å². The molecule has 2 N–H and O–H groups in total. The first kappa shape index (κ1) is 13.3. The molecular formula is C15H22FNO. The van der Waals surface area contributed by atoms with Gasteiger partial charge >= 0.3 is 0 Å². The highest BCUT2D eigenvalue weighted by Crippen LogP contribution is 2.30. The molecule has 0 saturated heterocycles. The minimum atomic E-state index is -0.210. The molecule has 0 bridgehead atoms. The monoisotopic (exact) mass is 251 g/mol. The van der Waals surface area contributed by atoms with Crippen LogP contribution in [0, 0.1) is 12.7 Å². The van der Waals surface area contributed by atoms with E-state index < -0.39 is 0 Å². The minimum absolute atomic E-state index is 0.210. The van der Waals surface area contributed by atoms with Gasteiger partial charge in [0.2, 0.25) is 0 Å². The van der Waals surface area contributed by atoms with Crippen LogP contribution in [0.2, 0.25) is 0 Å². The topological polar surface area (TPSA) is 35.2 Å². The predicted molar refractivity (Wildman–Crippen MR) is 71.2 cm³/mol. The van der Waals surface area contributed by atoms with Crippen LogP contribution in [-0.2, 0) is 0 Å². The van der Waals surface area contributed by atoms with Gasteiger partial charge in [0.05, 0.1) is 6.10 Å². The summed E-state index contributed by atoms with van der Waals surface area (Å²) in [6.07, 6.45) is 6.18. The molecule has 1 aromatic carbocycles. The average molecular weight is 251 g/mol. The fraction of sp³-hybridized carbons (Fsp3) is 0.600. The van der Waals surface area contributed by atoms with Gasteiger partial charge < -0.3 is 10.5 Å². The van der Waals surface area contributed by atoms with E-state index in [9.17, 15) is 4.39 Å². The predicted octanol–water partition coefficient (Wildman–Crippen LogP) is 3.87. The molecule has 0 unspecified atom stereocenters. The zero-order chi connectivity index (χ0) is 13.1. The molecule has 0 spiro atoms. The van der Waals surface area contributed by atoms with E-state index in [-0.39, 0.29) is 18.0 Å². The standard InChI is InChI=1S/C15H22FNO/c1-10-8-15(13(11(2)17)9-14(10)16)18-12-6-4-3-5-7-12/h8-9,11-12H,3-7,17H2,1-2H3/t11-/m0/s1. The highest BCUT2D eigenvalue weighted by Gasteiger charge is 2.18. The molecule has 0 aromatic heterocycles. The third-order valence-electron chi connectivity index (χ3n) is 3.63. The quantitative estimate of drug-likeness (QED) is 0.885. The van der Waals surface area contributed by atoms with Crippen molar-refractivity contribution in [3.05, 3.63) is 29.1 Å². The van der Waals surface area contributed by atoms with Crippen LogP contribution >= 0.6 is 0 Å². The van der Waals surface area contributed by atoms with Crippen molar-refractivity contribution in [2.24, 2.45) is 5.73 Å². The Labute approximate surface area is 108 Å². The van der Waals surface area contributed by atoms with E-state index in [1.807, 2.05) is 6.92 Å². The number of hydrogen-bond donors (Lipinski definition) is 1. The van der Waals surface area contributed by atoms with E-state index in [0.717, 1.165) is 24.2 Å². The molecule has 1 aliphatic carbocycles. The van der Waals surface area contributed by atoms with Crippen molar-refractivity contribution in [1.82, 2.24) is 0 Å². The number of rotatable bonds is 3. The first-order valence-electron chi connectivity index (χ1n) is 6.80. The number of nitrogens with two attached hydrogens (primary N) is 1. The van der Waals surface area contributed by atoms with Crippen molar-refractivity contribution in [3.63, 3.8) is 0 Å². The summed E-state index contributed by atoms with van der Waals surface area (Å²) in [5.74, 6) is 0.550. The van der Waals surface area contributed by atoms with Crippen LogP contribution in [0.1, 0.15) is 56.2 Å². The number of hydrogen-bond acceptors (Lipinski definition) is 2. The molecule has 0 radical (unpaired) electrons. The summed E-state index contributed by atoms with van der Waals surface area (Å²) in [6.45, 7) is 3.62. The fourth-order valence-electron chi connectivity index (χ4n) is 2.49. The van der Waals surface area contributed by atoms with Crippen molar-refractivity contribution in [3.8, 4) is 5.75 Å². The first-order valence-corrected chi connectivity index (χ1v) is 6.80. The van der Waals surface area contributed by atoms with Gasteiger partial charge in [0.1, 0.15) is 11.6 Å². The van der Waals surface area contributed by atoms with Crippen molar-refractivity contribution < 1.29 is 9.13 Å². The summed E-state index contributed by atoms with van der Waals surface area (Å²) in [5.41, 5.74) is 7.28. The van der Waals surface area contributed by atoms with Crippen LogP contribution in [0.4, 0.5) is 4.39 Å². The number of ether oxygens (including phenoxy) is 1. The number of benzene rings is 1. The Morgan fingerprint density at radius 1 is 1.28 bits per heavy atom. The maximum Gasteiger partial charge on any atom is 0.126 e. The van der Waals surface area contributed by atoms with Crippen molar-refractivity contribution in [2.75, 3.05) is 0 Å². The summed E-state index contributed by atoms with van der Waals surface area (Å²) in [5, 5.41) is 0. The normalized spacial score (nSPS) is 18.7. The second kappa shape index (κ2) is 5.70. The van der Waals surface area contributed by atoms with Gasteiger partial charge in [-0.05, 0) is 57.2 Å². The van der Waals surface area contributed by atoms with Gasteiger partial charge in [-0.1, -0.05) is 6.42 Å². The van der Waals surface area contributed by atoms with E-state index in [1.165, 1.54) is 25.3 Å². The van der Waals surface area contributed by atoms with Crippen LogP contribution in [0.5, 0.6) is 5.75 Å². The van der Waals surface area contributed by atoms with E-state index in [0.29, 0.717) is 5.56 Å². The number of aryl methyl sites for hydroxylation is 1. The van der Waals surface area contributed by atoms with Crippen LogP contribution in [-0.4, -0.2) is 6.10 Å². The van der Waals surface area contributed by atoms with Crippen molar-refractivity contribution in [1.29, 1.82) is 0 Å². The smallest absolute Gasteiger partial charge is 0.126 e. The molecule has 0 aliphatic heterocycles. The Morgan fingerprint density at radius 3 is 2.56 bits per heavy atom. The summed E-state index contributed by atoms with van der Waals surface area (Å²) >= 11 is 0. The second-order valence-corrected chi connectivity index (χ2v) is 5.31. The first-order chi connectivity index (χ1) is 8.58. The zero-order valence-corrected chi connectivity index (χ0v) is 11.2. The van der Waals surface area contributed by atoms with E-state index >= 15 is 0 Å². The van der Waals surface area contributed by atoms with Crippen molar-refractivity contribution in [2.45, 2.75) is 58.1 Å². The molecule has 100 valence electrons. The van der Waals surface area contributed by atoms with Crippen LogP contribution in [0.25, 0.3) is 0 Å². The Bertz CT molecular complexity index is 411.